The molecule has 0 aliphatic heterocycles. The normalized spacial score (nSPS) is 12.2. The Morgan fingerprint density at radius 2 is 1.90 bits per heavy atom. The third-order valence-electron chi connectivity index (χ3n) is 4.12. The van der Waals surface area contributed by atoms with Gasteiger partial charge in [0.05, 0.1) is 21.2 Å². The fourth-order valence-corrected chi connectivity index (χ4v) is 3.89. The molecule has 0 fully saturated rings. The van der Waals surface area contributed by atoms with Gasteiger partial charge in [-0.3, -0.25) is 4.79 Å². The molecule has 148 valence electrons. The van der Waals surface area contributed by atoms with Crippen LogP contribution in [0.2, 0.25) is 10.0 Å². The Hall–Kier alpha value is -2.41. The third kappa shape index (κ3) is 4.29. The predicted octanol–water partition coefficient (Wildman–Crippen LogP) is 4.71. The lowest BCUT2D eigenvalue weighted by atomic mass is 10.2. The van der Waals surface area contributed by atoms with Crippen molar-refractivity contribution in [3.05, 3.63) is 73.0 Å². The molecule has 2 aromatic carbocycles. The van der Waals surface area contributed by atoms with Gasteiger partial charge in [0, 0.05) is 5.56 Å². The smallest absolute Gasteiger partial charge is 0.291 e. The van der Waals surface area contributed by atoms with E-state index in [9.17, 15) is 4.79 Å². The summed E-state index contributed by atoms with van der Waals surface area (Å²) in [4.78, 5) is 17.7. The van der Waals surface area contributed by atoms with Crippen LogP contribution in [0, 0.1) is 5.92 Å². The van der Waals surface area contributed by atoms with Crippen molar-refractivity contribution < 1.29 is 4.74 Å². The average Bonchev–Trinajstić information content (AvgIpc) is 3.23. The number of fused-ring (bicyclic) bond motifs is 1. The summed E-state index contributed by atoms with van der Waals surface area (Å²) in [5.41, 5.74) is 1.40. The number of hydrogen-bond donors (Lipinski definition) is 0. The van der Waals surface area contributed by atoms with Crippen LogP contribution in [0.25, 0.3) is 22.4 Å². The Balaban J connectivity index is 1.63. The van der Waals surface area contributed by atoms with Gasteiger partial charge in [-0.1, -0.05) is 54.5 Å². The van der Waals surface area contributed by atoms with E-state index in [4.69, 9.17) is 27.9 Å². The fourth-order valence-electron chi connectivity index (χ4n) is 2.67. The number of hydrogen-bond acceptors (Lipinski definition) is 5. The second kappa shape index (κ2) is 8.14. The summed E-state index contributed by atoms with van der Waals surface area (Å²) < 4.78 is 7.55. The molecule has 29 heavy (non-hydrogen) atoms. The van der Waals surface area contributed by atoms with E-state index in [1.165, 1.54) is 15.9 Å². The van der Waals surface area contributed by atoms with E-state index in [0.29, 0.717) is 37.9 Å². The van der Waals surface area contributed by atoms with E-state index in [1.54, 1.807) is 24.3 Å². The molecular formula is C21H17Cl2N3O2S. The monoisotopic (exact) mass is 445 g/mol. The molecule has 0 spiro atoms. The number of thiazole rings is 1. The van der Waals surface area contributed by atoms with Crippen LogP contribution in [0.15, 0.2) is 47.3 Å². The van der Waals surface area contributed by atoms with Gasteiger partial charge < -0.3 is 4.74 Å². The molecular weight excluding hydrogens is 429 g/mol. The van der Waals surface area contributed by atoms with Gasteiger partial charge in [-0.15, -0.1) is 5.10 Å². The zero-order chi connectivity index (χ0) is 20.5. The van der Waals surface area contributed by atoms with Gasteiger partial charge in [0.15, 0.2) is 5.82 Å². The lowest BCUT2D eigenvalue weighted by Crippen LogP contribution is -2.23. The molecule has 0 N–H and O–H groups in total. The minimum absolute atomic E-state index is 0.216. The highest BCUT2D eigenvalue weighted by atomic mass is 35.5. The van der Waals surface area contributed by atoms with Gasteiger partial charge in [-0.25, -0.2) is 0 Å². The van der Waals surface area contributed by atoms with Gasteiger partial charge in [0.25, 0.3) is 5.56 Å². The molecule has 0 unspecified atom stereocenters. The molecule has 2 heterocycles. The first-order valence-electron chi connectivity index (χ1n) is 9.00. The van der Waals surface area contributed by atoms with Crippen molar-refractivity contribution in [1.82, 2.24) is 14.6 Å². The molecule has 8 heteroatoms. The molecule has 2 aromatic heterocycles. The average molecular weight is 446 g/mol. The predicted molar refractivity (Wildman–Crippen MR) is 118 cm³/mol. The van der Waals surface area contributed by atoms with Gasteiger partial charge in [0.1, 0.15) is 5.75 Å². The largest absolute Gasteiger partial charge is 0.493 e. The van der Waals surface area contributed by atoms with E-state index in [2.05, 4.69) is 23.9 Å². The van der Waals surface area contributed by atoms with Crippen LogP contribution < -0.4 is 14.8 Å². The highest BCUT2D eigenvalue weighted by Crippen LogP contribution is 2.23. The van der Waals surface area contributed by atoms with E-state index in [0.717, 1.165) is 16.9 Å². The first-order chi connectivity index (χ1) is 13.9. The maximum atomic E-state index is 12.7. The van der Waals surface area contributed by atoms with E-state index >= 15 is 0 Å². The minimum atomic E-state index is -0.216. The molecule has 0 saturated heterocycles. The summed E-state index contributed by atoms with van der Waals surface area (Å²) in [6.45, 7) is 4.86. The van der Waals surface area contributed by atoms with Gasteiger partial charge in [-0.2, -0.15) is 9.50 Å². The SMILES string of the molecule is CC(C)COc1ccc(-c2nc3s/c(=C/c4ccc(Cl)c(Cl)c4)c(=O)n3n2)cc1. The van der Waals surface area contributed by atoms with E-state index in [-0.39, 0.29) is 5.56 Å². The summed E-state index contributed by atoms with van der Waals surface area (Å²) in [7, 11) is 0. The van der Waals surface area contributed by atoms with Crippen molar-refractivity contribution in [3.63, 3.8) is 0 Å². The first-order valence-corrected chi connectivity index (χ1v) is 10.6. The highest BCUT2D eigenvalue weighted by Gasteiger charge is 2.12. The number of benzene rings is 2. The minimum Gasteiger partial charge on any atom is -0.493 e. The van der Waals surface area contributed by atoms with Crippen LogP contribution >= 0.6 is 34.5 Å². The highest BCUT2D eigenvalue weighted by molar-refractivity contribution is 7.15. The third-order valence-corrected chi connectivity index (χ3v) is 5.82. The Morgan fingerprint density at radius 1 is 1.14 bits per heavy atom. The van der Waals surface area contributed by atoms with Crippen molar-refractivity contribution in [3.8, 4) is 17.1 Å². The number of nitrogens with zero attached hydrogens (tertiary/aromatic N) is 3. The Morgan fingerprint density at radius 3 is 2.55 bits per heavy atom. The molecule has 0 saturated carbocycles. The van der Waals surface area contributed by atoms with Crippen molar-refractivity contribution in [2.75, 3.05) is 6.61 Å². The van der Waals surface area contributed by atoms with Crippen LogP contribution in [0.4, 0.5) is 0 Å². The number of halogens is 2. The fraction of sp³-hybridized carbons (Fsp3) is 0.190. The summed E-state index contributed by atoms with van der Waals surface area (Å²) >= 11 is 13.3. The van der Waals surface area contributed by atoms with Gasteiger partial charge >= 0.3 is 0 Å². The van der Waals surface area contributed by atoms with Crippen molar-refractivity contribution in [1.29, 1.82) is 0 Å². The summed E-state index contributed by atoms with van der Waals surface area (Å²) in [5, 5.41) is 5.29. The molecule has 0 aliphatic carbocycles. The molecule has 0 amide bonds. The molecule has 5 nitrogen and oxygen atoms in total. The van der Waals surface area contributed by atoms with Crippen LogP contribution in [0.1, 0.15) is 19.4 Å². The van der Waals surface area contributed by atoms with Crippen molar-refractivity contribution in [2.45, 2.75) is 13.8 Å². The molecule has 0 atom stereocenters. The Bertz CT molecular complexity index is 1280. The number of rotatable bonds is 5. The van der Waals surface area contributed by atoms with Crippen LogP contribution in [0.3, 0.4) is 0 Å². The zero-order valence-corrected chi connectivity index (χ0v) is 18.1. The maximum absolute atomic E-state index is 12.7. The van der Waals surface area contributed by atoms with E-state index < -0.39 is 0 Å². The Labute approximate surface area is 181 Å². The molecule has 0 aliphatic rings. The first kappa shape index (κ1) is 19.9. The second-order valence-corrected chi connectivity index (χ2v) is 8.77. The number of ether oxygens (including phenoxy) is 1. The lowest BCUT2D eigenvalue weighted by Gasteiger charge is -2.08. The standard InChI is InChI=1S/C21H17Cl2N3O2S/c1-12(2)11-28-15-6-4-14(5-7-15)19-24-21-26(25-19)20(27)18(29-21)10-13-3-8-16(22)17(23)9-13/h3-10,12H,11H2,1-2H3/b18-10+. The molecule has 4 rings (SSSR count). The summed E-state index contributed by atoms with van der Waals surface area (Å²) in [6, 6.07) is 12.8. The van der Waals surface area contributed by atoms with Gasteiger partial charge in [0.2, 0.25) is 4.96 Å². The zero-order valence-electron chi connectivity index (χ0n) is 15.7. The van der Waals surface area contributed by atoms with Crippen LogP contribution in [-0.2, 0) is 0 Å². The van der Waals surface area contributed by atoms with Crippen molar-refractivity contribution in [2.24, 2.45) is 5.92 Å². The number of aromatic nitrogens is 3. The van der Waals surface area contributed by atoms with Crippen molar-refractivity contribution >= 4 is 45.6 Å². The molecule has 0 radical (unpaired) electrons. The van der Waals surface area contributed by atoms with E-state index in [1.807, 2.05) is 24.3 Å². The van der Waals surface area contributed by atoms with Crippen LogP contribution in [0.5, 0.6) is 5.75 Å². The molecule has 4 aromatic rings. The maximum Gasteiger partial charge on any atom is 0.291 e. The van der Waals surface area contributed by atoms with Crippen LogP contribution in [-0.4, -0.2) is 21.2 Å². The quantitative estimate of drug-likeness (QED) is 0.446. The molecule has 0 bridgehead atoms. The lowest BCUT2D eigenvalue weighted by molar-refractivity contribution is 0.271. The summed E-state index contributed by atoms with van der Waals surface area (Å²) in [6.07, 6.45) is 1.76. The second-order valence-electron chi connectivity index (χ2n) is 6.95. The summed E-state index contributed by atoms with van der Waals surface area (Å²) in [5.74, 6) is 1.76. The Kier molecular flexibility index (Phi) is 5.58. The topological polar surface area (TPSA) is 56.5 Å². The van der Waals surface area contributed by atoms with Gasteiger partial charge in [-0.05, 0) is 54.0 Å².